The molecule has 3 rings (SSSR count). The first kappa shape index (κ1) is 13.4. The van der Waals surface area contributed by atoms with Crippen LogP contribution in [0.5, 0.6) is 5.75 Å². The third-order valence-electron chi connectivity index (χ3n) is 2.97. The molecule has 0 radical (unpaired) electrons. The fourth-order valence-corrected chi connectivity index (χ4v) is 2.07. The smallest absolute Gasteiger partial charge is 0.218 e. The van der Waals surface area contributed by atoms with Crippen LogP contribution in [0, 0.1) is 4.77 Å². The molecule has 0 aliphatic carbocycles. The van der Waals surface area contributed by atoms with Crippen LogP contribution in [-0.4, -0.2) is 21.9 Å². The van der Waals surface area contributed by atoms with Gasteiger partial charge in [-0.15, -0.1) is 0 Å². The van der Waals surface area contributed by atoms with Gasteiger partial charge in [0, 0.05) is 5.69 Å². The highest BCUT2D eigenvalue weighted by atomic mass is 32.1. The number of nitrogens with one attached hydrogen (secondary N) is 2. The zero-order valence-corrected chi connectivity index (χ0v) is 12.2. The maximum atomic E-state index is 5.29. The molecule has 2 aromatic heterocycles. The number of nitrogens with zero attached hydrogens (tertiary/aromatic N) is 2. The van der Waals surface area contributed by atoms with Crippen LogP contribution in [0.4, 0.5) is 5.69 Å². The molecule has 7 heteroatoms. The number of aromatic amines is 1. The predicted octanol–water partition coefficient (Wildman–Crippen LogP) is 3.28. The summed E-state index contributed by atoms with van der Waals surface area (Å²) < 4.78 is 12.6. The summed E-state index contributed by atoms with van der Waals surface area (Å²) in [4.78, 5) is 4.26. The van der Waals surface area contributed by atoms with E-state index in [4.69, 9.17) is 21.4 Å². The monoisotopic (exact) mass is 302 g/mol. The average Bonchev–Trinajstić information content (AvgIpc) is 3.15. The highest BCUT2D eigenvalue weighted by Crippen LogP contribution is 2.16. The van der Waals surface area contributed by atoms with E-state index in [0.29, 0.717) is 23.0 Å². The molecule has 2 heterocycles. The van der Waals surface area contributed by atoms with E-state index in [1.807, 2.05) is 30.3 Å². The first-order chi connectivity index (χ1) is 10.3. The van der Waals surface area contributed by atoms with Crippen molar-refractivity contribution in [1.82, 2.24) is 14.8 Å². The molecule has 0 bridgehead atoms. The van der Waals surface area contributed by atoms with E-state index in [9.17, 15) is 0 Å². The molecule has 0 unspecified atom stereocenters. The van der Waals surface area contributed by atoms with Gasteiger partial charge in [0.1, 0.15) is 12.4 Å². The zero-order chi connectivity index (χ0) is 14.7. The Morgan fingerprint density at radius 3 is 2.81 bits per heavy atom. The standard InChI is InChI=1S/C14H14N4O2S/c1-19-11-6-4-10(5-7-11)15-9-18-14(21)16-13(17-18)12-3-2-8-20-12/h2-8,15H,9H2,1H3,(H,16,17,21). The molecule has 0 atom stereocenters. The minimum Gasteiger partial charge on any atom is -0.497 e. The van der Waals surface area contributed by atoms with Gasteiger partial charge in [0.05, 0.1) is 13.4 Å². The number of aromatic nitrogens is 3. The topological polar surface area (TPSA) is 68.0 Å². The second-order valence-corrected chi connectivity index (χ2v) is 4.69. The number of benzene rings is 1. The summed E-state index contributed by atoms with van der Waals surface area (Å²) in [5.74, 6) is 2.09. The SMILES string of the molecule is COc1ccc(NCn2[nH]c(-c3ccco3)nc2=S)cc1. The Morgan fingerprint density at radius 1 is 1.33 bits per heavy atom. The van der Waals surface area contributed by atoms with Gasteiger partial charge in [-0.3, -0.25) is 5.10 Å². The number of anilines is 1. The lowest BCUT2D eigenvalue weighted by atomic mass is 10.3. The van der Waals surface area contributed by atoms with Gasteiger partial charge in [-0.2, -0.15) is 4.98 Å². The van der Waals surface area contributed by atoms with Gasteiger partial charge in [0.2, 0.25) is 4.77 Å². The number of hydrogen-bond donors (Lipinski definition) is 2. The van der Waals surface area contributed by atoms with Crippen molar-refractivity contribution in [2.45, 2.75) is 6.67 Å². The number of hydrogen-bond acceptors (Lipinski definition) is 5. The fourth-order valence-electron chi connectivity index (χ4n) is 1.87. The maximum absolute atomic E-state index is 5.29. The summed E-state index contributed by atoms with van der Waals surface area (Å²) in [5, 5.41) is 6.35. The molecule has 0 saturated heterocycles. The summed E-state index contributed by atoms with van der Waals surface area (Å²) in [7, 11) is 1.64. The molecule has 0 aliphatic heterocycles. The van der Waals surface area contributed by atoms with Gasteiger partial charge in [-0.25, -0.2) is 4.68 Å². The van der Waals surface area contributed by atoms with Crippen LogP contribution in [0.3, 0.4) is 0 Å². The molecular formula is C14H14N4O2S. The van der Waals surface area contributed by atoms with Gasteiger partial charge >= 0.3 is 0 Å². The van der Waals surface area contributed by atoms with Crippen LogP contribution in [0.1, 0.15) is 0 Å². The Morgan fingerprint density at radius 2 is 2.14 bits per heavy atom. The highest BCUT2D eigenvalue weighted by molar-refractivity contribution is 7.71. The minimum absolute atomic E-state index is 0.461. The van der Waals surface area contributed by atoms with Gasteiger partial charge in [0.15, 0.2) is 11.6 Å². The van der Waals surface area contributed by atoms with E-state index in [1.165, 1.54) is 0 Å². The van der Waals surface area contributed by atoms with Crippen molar-refractivity contribution in [3.63, 3.8) is 0 Å². The normalized spacial score (nSPS) is 10.5. The number of rotatable bonds is 5. The second-order valence-electron chi connectivity index (χ2n) is 4.32. The highest BCUT2D eigenvalue weighted by Gasteiger charge is 2.06. The van der Waals surface area contributed by atoms with Crippen LogP contribution >= 0.6 is 12.2 Å². The summed E-state index contributed by atoms with van der Waals surface area (Å²) in [6.07, 6.45) is 1.60. The number of methoxy groups -OCH3 is 1. The van der Waals surface area contributed by atoms with Crippen molar-refractivity contribution < 1.29 is 9.15 Å². The van der Waals surface area contributed by atoms with E-state index in [1.54, 1.807) is 24.1 Å². The summed E-state index contributed by atoms with van der Waals surface area (Å²) in [6, 6.07) is 11.3. The van der Waals surface area contributed by atoms with Gasteiger partial charge in [-0.1, -0.05) is 0 Å². The Hall–Kier alpha value is -2.54. The van der Waals surface area contributed by atoms with Crippen molar-refractivity contribution in [3.05, 3.63) is 47.4 Å². The van der Waals surface area contributed by atoms with Crippen molar-refractivity contribution in [3.8, 4) is 17.3 Å². The van der Waals surface area contributed by atoms with E-state index < -0.39 is 0 Å². The molecule has 0 amide bonds. The summed E-state index contributed by atoms with van der Waals surface area (Å²) in [6.45, 7) is 0.485. The van der Waals surface area contributed by atoms with Crippen molar-refractivity contribution in [1.29, 1.82) is 0 Å². The Balaban J connectivity index is 1.71. The molecule has 6 nitrogen and oxygen atoms in total. The number of ether oxygens (including phenoxy) is 1. The second kappa shape index (κ2) is 5.84. The van der Waals surface area contributed by atoms with Gasteiger partial charge in [-0.05, 0) is 48.6 Å². The fraction of sp³-hybridized carbons (Fsp3) is 0.143. The van der Waals surface area contributed by atoms with Crippen molar-refractivity contribution in [2.75, 3.05) is 12.4 Å². The van der Waals surface area contributed by atoms with Gasteiger partial charge in [0.25, 0.3) is 0 Å². The summed E-state index contributed by atoms with van der Waals surface area (Å²) in [5.41, 5.74) is 0.965. The predicted molar refractivity (Wildman–Crippen MR) is 81.7 cm³/mol. The van der Waals surface area contributed by atoms with Gasteiger partial charge < -0.3 is 14.5 Å². The molecule has 2 N–H and O–H groups in total. The van der Waals surface area contributed by atoms with Crippen molar-refractivity contribution in [2.24, 2.45) is 0 Å². The van der Waals surface area contributed by atoms with Crippen LogP contribution in [0.25, 0.3) is 11.6 Å². The number of H-pyrrole nitrogens is 1. The molecule has 3 aromatic rings. The Kier molecular flexibility index (Phi) is 3.74. The molecule has 108 valence electrons. The quantitative estimate of drug-likeness (QED) is 0.708. The summed E-state index contributed by atoms with van der Waals surface area (Å²) >= 11 is 5.22. The lowest BCUT2D eigenvalue weighted by Gasteiger charge is -2.07. The number of furan rings is 1. The molecule has 0 aliphatic rings. The van der Waals surface area contributed by atoms with E-state index in [-0.39, 0.29) is 0 Å². The first-order valence-electron chi connectivity index (χ1n) is 6.35. The molecule has 0 fully saturated rings. The molecular weight excluding hydrogens is 288 g/mol. The van der Waals surface area contributed by atoms with Crippen LogP contribution in [-0.2, 0) is 6.67 Å². The van der Waals surface area contributed by atoms with Crippen LogP contribution in [0.2, 0.25) is 0 Å². The maximum Gasteiger partial charge on any atom is 0.218 e. The largest absolute Gasteiger partial charge is 0.497 e. The molecule has 21 heavy (non-hydrogen) atoms. The lowest BCUT2D eigenvalue weighted by Crippen LogP contribution is -2.09. The van der Waals surface area contributed by atoms with Crippen molar-refractivity contribution >= 4 is 17.9 Å². The molecule has 0 spiro atoms. The average molecular weight is 302 g/mol. The van der Waals surface area contributed by atoms with Crippen LogP contribution in [0.15, 0.2) is 47.1 Å². The van der Waals surface area contributed by atoms with Crippen LogP contribution < -0.4 is 10.1 Å². The molecule has 0 saturated carbocycles. The van der Waals surface area contributed by atoms with E-state index in [0.717, 1.165) is 11.4 Å². The van der Waals surface area contributed by atoms with E-state index in [2.05, 4.69) is 15.4 Å². The Bertz CT molecular complexity index is 759. The third kappa shape index (κ3) is 2.97. The first-order valence-corrected chi connectivity index (χ1v) is 6.76. The zero-order valence-electron chi connectivity index (χ0n) is 11.4. The third-order valence-corrected chi connectivity index (χ3v) is 3.28. The lowest BCUT2D eigenvalue weighted by molar-refractivity contribution is 0.415. The molecule has 1 aromatic carbocycles. The minimum atomic E-state index is 0.461. The Labute approximate surface area is 126 Å². The van der Waals surface area contributed by atoms with E-state index >= 15 is 0 Å².